The minimum absolute atomic E-state index is 0.150. The molecule has 1 aliphatic heterocycles. The molecule has 0 radical (unpaired) electrons. The zero-order valence-electron chi connectivity index (χ0n) is 15.1. The second-order valence-electron chi connectivity index (χ2n) is 5.97. The van der Waals surface area contributed by atoms with Gasteiger partial charge in [0.2, 0.25) is 0 Å². The first-order chi connectivity index (χ1) is 13.2. The Labute approximate surface area is 173 Å². The van der Waals surface area contributed by atoms with Crippen molar-refractivity contribution in [2.24, 2.45) is 0 Å². The highest BCUT2D eigenvalue weighted by Crippen LogP contribution is 2.40. The average molecular weight is 503 g/mol. The van der Waals surface area contributed by atoms with Gasteiger partial charge < -0.3 is 14.8 Å². The van der Waals surface area contributed by atoms with Crippen LogP contribution >= 0.6 is 22.6 Å². The summed E-state index contributed by atoms with van der Waals surface area (Å²) in [7, 11) is 0. The molecule has 0 saturated carbocycles. The van der Waals surface area contributed by atoms with E-state index in [-0.39, 0.29) is 5.69 Å². The van der Waals surface area contributed by atoms with Gasteiger partial charge in [0.05, 0.1) is 22.3 Å². The standard InChI is InChI=1S/C20H17F3INO3/c1-3-27-17-9-11(8-15(24)18(17)28-4-2)7-14-13-6-5-12(20(21,22)23)10-16(13)25-19(14)26/h5-10H,3-4H2,1-2H3,(H,25,26)/b14-7-. The quantitative estimate of drug-likeness (QED) is 0.427. The van der Waals surface area contributed by atoms with Crippen LogP contribution in [0.5, 0.6) is 11.5 Å². The molecule has 0 bridgehead atoms. The molecule has 1 aliphatic rings. The fourth-order valence-electron chi connectivity index (χ4n) is 2.90. The maximum Gasteiger partial charge on any atom is 0.416 e. The summed E-state index contributed by atoms with van der Waals surface area (Å²) < 4.78 is 50.8. The molecule has 28 heavy (non-hydrogen) atoms. The second-order valence-corrected chi connectivity index (χ2v) is 7.13. The third-order valence-electron chi connectivity index (χ3n) is 4.06. The summed E-state index contributed by atoms with van der Waals surface area (Å²) in [6.07, 6.45) is -2.83. The van der Waals surface area contributed by atoms with Crippen LogP contribution in [0, 0.1) is 3.57 Å². The van der Waals surface area contributed by atoms with Crippen LogP contribution in [0.2, 0.25) is 0 Å². The zero-order valence-corrected chi connectivity index (χ0v) is 17.3. The maximum atomic E-state index is 12.9. The van der Waals surface area contributed by atoms with Gasteiger partial charge in [-0.05, 0) is 72.3 Å². The molecule has 0 fully saturated rings. The number of ether oxygens (including phenoxy) is 2. The van der Waals surface area contributed by atoms with Crippen molar-refractivity contribution < 1.29 is 27.4 Å². The Balaban J connectivity index is 2.04. The van der Waals surface area contributed by atoms with Crippen LogP contribution in [-0.4, -0.2) is 19.1 Å². The van der Waals surface area contributed by atoms with Crippen molar-refractivity contribution in [1.82, 2.24) is 0 Å². The summed E-state index contributed by atoms with van der Waals surface area (Å²) >= 11 is 2.12. The van der Waals surface area contributed by atoms with Crippen molar-refractivity contribution in [2.75, 3.05) is 18.5 Å². The molecule has 0 unspecified atom stereocenters. The molecule has 0 spiro atoms. The largest absolute Gasteiger partial charge is 0.490 e. The Kier molecular flexibility index (Phi) is 5.87. The van der Waals surface area contributed by atoms with Crippen LogP contribution < -0.4 is 14.8 Å². The fraction of sp³-hybridized carbons (Fsp3) is 0.250. The molecule has 1 heterocycles. The van der Waals surface area contributed by atoms with Crippen LogP contribution in [0.1, 0.15) is 30.5 Å². The van der Waals surface area contributed by atoms with Gasteiger partial charge in [-0.15, -0.1) is 0 Å². The number of hydrogen-bond donors (Lipinski definition) is 1. The number of benzene rings is 2. The summed E-state index contributed by atoms with van der Waals surface area (Å²) in [5.74, 6) is 0.725. The average Bonchev–Trinajstić information content (AvgIpc) is 2.92. The number of anilines is 1. The van der Waals surface area contributed by atoms with Gasteiger partial charge in [-0.25, -0.2) is 0 Å². The molecule has 8 heteroatoms. The smallest absolute Gasteiger partial charge is 0.416 e. The minimum Gasteiger partial charge on any atom is -0.490 e. The van der Waals surface area contributed by atoms with Crippen LogP contribution in [0.3, 0.4) is 0 Å². The topological polar surface area (TPSA) is 47.6 Å². The van der Waals surface area contributed by atoms with E-state index in [1.807, 2.05) is 19.9 Å². The first-order valence-corrected chi connectivity index (χ1v) is 9.66. The Morgan fingerprint density at radius 2 is 1.82 bits per heavy atom. The van der Waals surface area contributed by atoms with Crippen molar-refractivity contribution in [1.29, 1.82) is 0 Å². The van der Waals surface area contributed by atoms with E-state index >= 15 is 0 Å². The maximum absolute atomic E-state index is 12.9. The van der Waals surface area contributed by atoms with Gasteiger partial charge in [0.1, 0.15) is 0 Å². The number of nitrogens with one attached hydrogen (secondary N) is 1. The van der Waals surface area contributed by atoms with E-state index in [2.05, 4.69) is 27.9 Å². The molecule has 2 aromatic carbocycles. The Hall–Kier alpha value is -2.23. The number of halogens is 4. The molecule has 0 aliphatic carbocycles. The lowest BCUT2D eigenvalue weighted by Gasteiger charge is -2.14. The first kappa shape index (κ1) is 20.5. The lowest BCUT2D eigenvalue weighted by Crippen LogP contribution is -2.06. The van der Waals surface area contributed by atoms with E-state index in [1.165, 1.54) is 6.07 Å². The number of hydrogen-bond acceptors (Lipinski definition) is 3. The van der Waals surface area contributed by atoms with Crippen LogP contribution in [0.15, 0.2) is 30.3 Å². The third kappa shape index (κ3) is 4.11. The van der Waals surface area contributed by atoms with Crippen LogP contribution in [0.25, 0.3) is 11.6 Å². The molecule has 148 valence electrons. The molecule has 1 amide bonds. The predicted molar refractivity (Wildman–Crippen MR) is 109 cm³/mol. The lowest BCUT2D eigenvalue weighted by molar-refractivity contribution is -0.137. The summed E-state index contributed by atoms with van der Waals surface area (Å²) in [4.78, 5) is 12.3. The summed E-state index contributed by atoms with van der Waals surface area (Å²) in [5.41, 5.74) is 0.763. The molecular weight excluding hydrogens is 486 g/mol. The number of rotatable bonds is 5. The summed E-state index contributed by atoms with van der Waals surface area (Å²) in [6.45, 7) is 4.65. The SMILES string of the molecule is CCOc1cc(/C=C2\C(=O)Nc3cc(C(F)(F)F)ccc32)cc(I)c1OCC. The number of fused-ring (bicyclic) bond motifs is 1. The molecule has 0 aromatic heterocycles. The van der Waals surface area contributed by atoms with E-state index in [4.69, 9.17) is 9.47 Å². The van der Waals surface area contributed by atoms with Gasteiger partial charge in [0.25, 0.3) is 5.91 Å². The van der Waals surface area contributed by atoms with E-state index in [0.717, 1.165) is 15.7 Å². The number of alkyl halides is 3. The highest BCUT2D eigenvalue weighted by Gasteiger charge is 2.33. The van der Waals surface area contributed by atoms with E-state index in [0.29, 0.717) is 41.4 Å². The predicted octanol–water partition coefficient (Wildman–Crippen LogP) is 5.60. The van der Waals surface area contributed by atoms with Gasteiger partial charge in [-0.2, -0.15) is 13.2 Å². The summed E-state index contributed by atoms with van der Waals surface area (Å²) in [5, 5.41) is 2.50. The molecule has 3 rings (SSSR count). The van der Waals surface area contributed by atoms with Crippen molar-refractivity contribution in [3.63, 3.8) is 0 Å². The normalized spacial score (nSPS) is 14.8. The molecular formula is C20H17F3INO3. The van der Waals surface area contributed by atoms with E-state index in [1.54, 1.807) is 12.1 Å². The Bertz CT molecular complexity index is 954. The van der Waals surface area contributed by atoms with Gasteiger partial charge in [0, 0.05) is 16.8 Å². The molecule has 0 saturated heterocycles. The van der Waals surface area contributed by atoms with Crippen molar-refractivity contribution in [3.8, 4) is 11.5 Å². The van der Waals surface area contributed by atoms with Crippen LogP contribution in [0.4, 0.5) is 18.9 Å². The lowest BCUT2D eigenvalue weighted by atomic mass is 10.0. The zero-order chi connectivity index (χ0) is 20.5. The van der Waals surface area contributed by atoms with Crippen molar-refractivity contribution in [3.05, 3.63) is 50.6 Å². The number of carbonyl (C=O) groups is 1. The van der Waals surface area contributed by atoms with Crippen molar-refractivity contribution >= 4 is 45.8 Å². The van der Waals surface area contributed by atoms with Gasteiger partial charge in [-0.1, -0.05) is 6.07 Å². The van der Waals surface area contributed by atoms with E-state index < -0.39 is 17.6 Å². The second kappa shape index (κ2) is 8.02. The molecule has 0 atom stereocenters. The van der Waals surface area contributed by atoms with Crippen molar-refractivity contribution in [2.45, 2.75) is 20.0 Å². The van der Waals surface area contributed by atoms with E-state index in [9.17, 15) is 18.0 Å². The highest BCUT2D eigenvalue weighted by atomic mass is 127. The Morgan fingerprint density at radius 3 is 2.46 bits per heavy atom. The number of amides is 1. The van der Waals surface area contributed by atoms with Gasteiger partial charge >= 0.3 is 6.18 Å². The van der Waals surface area contributed by atoms with Crippen LogP contribution in [-0.2, 0) is 11.0 Å². The Morgan fingerprint density at radius 1 is 1.11 bits per heavy atom. The summed E-state index contributed by atoms with van der Waals surface area (Å²) in [6, 6.07) is 6.81. The fourth-order valence-corrected chi connectivity index (χ4v) is 3.68. The molecule has 1 N–H and O–H groups in total. The first-order valence-electron chi connectivity index (χ1n) is 8.58. The number of carbonyl (C=O) groups excluding carboxylic acids is 1. The third-order valence-corrected chi connectivity index (χ3v) is 4.86. The highest BCUT2D eigenvalue weighted by molar-refractivity contribution is 14.1. The van der Waals surface area contributed by atoms with Gasteiger partial charge in [0.15, 0.2) is 11.5 Å². The minimum atomic E-state index is -4.47. The molecule has 4 nitrogen and oxygen atoms in total. The van der Waals surface area contributed by atoms with Gasteiger partial charge in [-0.3, -0.25) is 4.79 Å². The monoisotopic (exact) mass is 503 g/mol. The molecule has 2 aromatic rings.